The van der Waals surface area contributed by atoms with Gasteiger partial charge in [-0.25, -0.2) is 10.2 Å². The lowest BCUT2D eigenvalue weighted by molar-refractivity contribution is -0.139. The van der Waals surface area contributed by atoms with Gasteiger partial charge in [0.2, 0.25) is 0 Å². The van der Waals surface area contributed by atoms with E-state index in [4.69, 9.17) is 26.4 Å². The summed E-state index contributed by atoms with van der Waals surface area (Å²) in [7, 11) is 0. The van der Waals surface area contributed by atoms with E-state index in [1.807, 2.05) is 25.1 Å². The highest BCUT2D eigenvalue weighted by atomic mass is 79.9. The van der Waals surface area contributed by atoms with Crippen molar-refractivity contribution in [1.29, 1.82) is 0 Å². The lowest BCUT2D eigenvalue weighted by Crippen LogP contribution is -2.45. The minimum Gasteiger partial charge on any atom is -0.492 e. The number of ether oxygens (including phenoxy) is 3. The monoisotopic (exact) mass is 652 g/mol. The number of hydrogen-bond acceptors (Lipinski definition) is 7. The Labute approximate surface area is 237 Å². The smallest absolute Gasteiger partial charge is 0.338 e. The number of halogens is 2. The third-order valence-electron chi connectivity index (χ3n) is 5.07. The van der Waals surface area contributed by atoms with Gasteiger partial charge in [-0.1, -0.05) is 34.1 Å². The van der Waals surface area contributed by atoms with Gasteiger partial charge in [-0.2, -0.15) is 5.10 Å². The molecule has 12 heteroatoms. The lowest BCUT2D eigenvalue weighted by atomic mass is 9.95. The standard InChI is InChI=1S/C25H26Br2N4O5S/c1-4-34-23-15(10-16(26)11-18(23)27)12-28-31-20(32)13-36-19-9-7-6-8-17(19)22-21(24(33)35-5-2)14(3)29-25(37)30-22/h6-12,22H,4-5,13H2,1-3H3,(H,31,32)(H2,29,30,37)/t22-/m0/s1. The number of nitrogens with zero attached hydrogens (tertiary/aromatic N) is 1. The average Bonchev–Trinajstić information content (AvgIpc) is 2.84. The van der Waals surface area contributed by atoms with Crippen LogP contribution in [-0.4, -0.2) is 43.0 Å². The number of hydrazone groups is 1. The third kappa shape index (κ3) is 7.53. The second-order valence-electron chi connectivity index (χ2n) is 7.65. The van der Waals surface area contributed by atoms with Gasteiger partial charge in [0, 0.05) is 21.3 Å². The van der Waals surface area contributed by atoms with Crippen molar-refractivity contribution >= 4 is 67.3 Å². The molecule has 196 valence electrons. The van der Waals surface area contributed by atoms with Crippen molar-refractivity contribution in [2.75, 3.05) is 19.8 Å². The molecule has 0 radical (unpaired) electrons. The first-order valence-corrected chi connectivity index (χ1v) is 13.3. The van der Waals surface area contributed by atoms with E-state index in [2.05, 4.69) is 53.0 Å². The molecule has 0 fully saturated rings. The molecule has 0 unspecified atom stereocenters. The molecule has 0 saturated carbocycles. The molecular formula is C25H26Br2N4O5S. The van der Waals surface area contributed by atoms with Crippen LogP contribution in [0.2, 0.25) is 0 Å². The van der Waals surface area contributed by atoms with Crippen molar-refractivity contribution in [2.24, 2.45) is 5.10 Å². The maximum absolute atomic E-state index is 12.7. The molecule has 1 amide bonds. The average molecular weight is 654 g/mol. The fourth-order valence-electron chi connectivity index (χ4n) is 3.58. The Morgan fingerprint density at radius 1 is 1.16 bits per heavy atom. The van der Waals surface area contributed by atoms with Gasteiger partial charge in [-0.3, -0.25) is 4.79 Å². The molecule has 0 aliphatic carbocycles. The van der Waals surface area contributed by atoms with E-state index in [0.29, 0.717) is 45.6 Å². The highest BCUT2D eigenvalue weighted by molar-refractivity contribution is 9.11. The van der Waals surface area contributed by atoms with E-state index in [-0.39, 0.29) is 13.2 Å². The third-order valence-corrected chi connectivity index (χ3v) is 6.34. The van der Waals surface area contributed by atoms with Gasteiger partial charge < -0.3 is 24.8 Å². The molecule has 0 bridgehead atoms. The summed E-state index contributed by atoms with van der Waals surface area (Å²) in [6, 6.07) is 10.2. The van der Waals surface area contributed by atoms with Crippen molar-refractivity contribution in [2.45, 2.75) is 26.8 Å². The summed E-state index contributed by atoms with van der Waals surface area (Å²) < 4.78 is 18.3. The van der Waals surface area contributed by atoms with Crippen LogP contribution in [-0.2, 0) is 14.3 Å². The predicted octanol–water partition coefficient (Wildman–Crippen LogP) is 4.50. The number of esters is 1. The van der Waals surface area contributed by atoms with E-state index < -0.39 is 17.9 Å². The fourth-order valence-corrected chi connectivity index (χ4v) is 5.22. The minimum absolute atomic E-state index is 0.231. The summed E-state index contributed by atoms with van der Waals surface area (Å²) in [6.45, 7) is 5.77. The van der Waals surface area contributed by atoms with Crippen LogP contribution in [0.25, 0.3) is 0 Å². The lowest BCUT2D eigenvalue weighted by Gasteiger charge is -2.30. The normalized spacial score (nSPS) is 15.2. The van der Waals surface area contributed by atoms with Crippen LogP contribution in [0.15, 0.2) is 61.7 Å². The summed E-state index contributed by atoms with van der Waals surface area (Å²) in [5, 5.41) is 10.5. The summed E-state index contributed by atoms with van der Waals surface area (Å²) in [5.74, 6) is 0.0826. The van der Waals surface area contributed by atoms with Gasteiger partial charge in [0.05, 0.1) is 35.5 Å². The summed E-state index contributed by atoms with van der Waals surface area (Å²) in [5.41, 5.74) is 4.73. The largest absolute Gasteiger partial charge is 0.492 e. The number of hydrogen-bond donors (Lipinski definition) is 3. The van der Waals surface area contributed by atoms with Gasteiger partial charge >= 0.3 is 5.97 Å². The summed E-state index contributed by atoms with van der Waals surface area (Å²) >= 11 is 12.2. The van der Waals surface area contributed by atoms with E-state index >= 15 is 0 Å². The van der Waals surface area contributed by atoms with Crippen molar-refractivity contribution in [1.82, 2.24) is 16.1 Å². The Balaban J connectivity index is 1.73. The van der Waals surface area contributed by atoms with Gasteiger partial charge in [0.15, 0.2) is 11.7 Å². The number of para-hydroxylation sites is 1. The number of benzene rings is 2. The molecule has 0 spiro atoms. The number of allylic oxidation sites excluding steroid dienone is 1. The highest BCUT2D eigenvalue weighted by Gasteiger charge is 2.32. The molecule has 0 aromatic heterocycles. The molecular weight excluding hydrogens is 628 g/mol. The number of nitrogens with one attached hydrogen (secondary N) is 3. The van der Waals surface area contributed by atoms with Crippen LogP contribution in [0.3, 0.4) is 0 Å². The Morgan fingerprint density at radius 2 is 1.92 bits per heavy atom. The molecule has 37 heavy (non-hydrogen) atoms. The first kappa shape index (κ1) is 28.6. The zero-order valence-electron chi connectivity index (χ0n) is 20.4. The Bertz CT molecular complexity index is 1250. The number of carbonyl (C=O) groups is 2. The molecule has 3 rings (SSSR count). The van der Waals surface area contributed by atoms with E-state index in [1.165, 1.54) is 6.21 Å². The molecule has 9 nitrogen and oxygen atoms in total. The molecule has 1 atom stereocenters. The van der Waals surface area contributed by atoms with Crippen LogP contribution in [0.5, 0.6) is 11.5 Å². The Morgan fingerprint density at radius 3 is 2.65 bits per heavy atom. The van der Waals surface area contributed by atoms with Gasteiger partial charge in [0.25, 0.3) is 5.91 Å². The Hall–Kier alpha value is -2.96. The van der Waals surface area contributed by atoms with Gasteiger partial charge in [0.1, 0.15) is 11.5 Å². The molecule has 3 N–H and O–H groups in total. The maximum atomic E-state index is 12.7. The molecule has 2 aromatic rings. The summed E-state index contributed by atoms with van der Waals surface area (Å²) in [4.78, 5) is 25.2. The van der Waals surface area contributed by atoms with Gasteiger partial charge in [-0.15, -0.1) is 0 Å². The first-order chi connectivity index (χ1) is 17.7. The van der Waals surface area contributed by atoms with Crippen LogP contribution < -0.4 is 25.5 Å². The van der Waals surface area contributed by atoms with Crippen LogP contribution in [0.1, 0.15) is 37.9 Å². The number of carbonyl (C=O) groups excluding carboxylic acids is 2. The van der Waals surface area contributed by atoms with Crippen LogP contribution in [0, 0.1) is 0 Å². The van der Waals surface area contributed by atoms with Crippen molar-refractivity contribution in [3.05, 3.63) is 67.7 Å². The van der Waals surface area contributed by atoms with E-state index in [1.54, 1.807) is 32.0 Å². The quantitative estimate of drug-likeness (QED) is 0.149. The Kier molecular flexibility index (Phi) is 10.5. The molecule has 2 aromatic carbocycles. The topological polar surface area (TPSA) is 110 Å². The minimum atomic E-state index is -0.614. The summed E-state index contributed by atoms with van der Waals surface area (Å²) in [6.07, 6.45) is 1.49. The van der Waals surface area contributed by atoms with Crippen molar-refractivity contribution in [3.63, 3.8) is 0 Å². The van der Waals surface area contributed by atoms with Crippen molar-refractivity contribution < 1.29 is 23.8 Å². The number of amides is 1. The van der Waals surface area contributed by atoms with Crippen LogP contribution >= 0.6 is 44.1 Å². The van der Waals surface area contributed by atoms with Gasteiger partial charge in [-0.05, 0) is 67.1 Å². The van der Waals surface area contributed by atoms with E-state index in [9.17, 15) is 9.59 Å². The number of thiocarbonyl (C=S) groups is 1. The predicted molar refractivity (Wildman–Crippen MR) is 152 cm³/mol. The first-order valence-electron chi connectivity index (χ1n) is 11.4. The second kappa shape index (κ2) is 13.5. The molecule has 1 heterocycles. The maximum Gasteiger partial charge on any atom is 0.338 e. The van der Waals surface area contributed by atoms with Crippen LogP contribution in [0.4, 0.5) is 0 Å². The molecule has 1 aliphatic rings. The second-order valence-corrected chi connectivity index (χ2v) is 9.83. The fraction of sp³-hybridized carbons (Fsp3) is 0.280. The van der Waals surface area contributed by atoms with E-state index in [0.717, 1.165) is 8.95 Å². The zero-order chi connectivity index (χ0) is 26.9. The molecule has 0 saturated heterocycles. The number of rotatable bonds is 10. The zero-order valence-corrected chi connectivity index (χ0v) is 24.4. The highest BCUT2D eigenvalue weighted by Crippen LogP contribution is 2.34. The molecule has 1 aliphatic heterocycles. The van der Waals surface area contributed by atoms with Crippen molar-refractivity contribution in [3.8, 4) is 11.5 Å². The SMILES string of the molecule is CCOC(=O)C1=C(C)NC(=S)N[C@H]1c1ccccc1OCC(=O)NN=Cc1cc(Br)cc(Br)c1OCC.